The zero-order valence-corrected chi connectivity index (χ0v) is 16.3. The molecule has 0 saturated carbocycles. The van der Waals surface area contributed by atoms with Crippen molar-refractivity contribution in [3.05, 3.63) is 77.1 Å². The second-order valence-electron chi connectivity index (χ2n) is 7.34. The van der Waals surface area contributed by atoms with Crippen LogP contribution in [0.2, 0.25) is 0 Å². The summed E-state index contributed by atoms with van der Waals surface area (Å²) in [6.45, 7) is 13.8. The van der Waals surface area contributed by atoms with Gasteiger partial charge in [-0.05, 0) is 50.5 Å². The molecule has 0 heterocycles. The average Bonchev–Trinajstić information content (AvgIpc) is 2.60. The van der Waals surface area contributed by atoms with E-state index in [1.807, 2.05) is 6.07 Å². The first-order chi connectivity index (χ1) is 12.2. The van der Waals surface area contributed by atoms with Crippen molar-refractivity contribution >= 4 is 5.97 Å². The molecule has 1 aliphatic rings. The highest BCUT2D eigenvalue weighted by Crippen LogP contribution is 2.38. The summed E-state index contributed by atoms with van der Waals surface area (Å²) in [7, 11) is 0. The third-order valence-corrected chi connectivity index (χ3v) is 5.08. The third kappa shape index (κ3) is 4.16. The van der Waals surface area contributed by atoms with Crippen molar-refractivity contribution in [2.45, 2.75) is 46.5 Å². The number of carbonyl (C=O) groups is 1. The van der Waals surface area contributed by atoms with Crippen LogP contribution in [0, 0.1) is 5.92 Å². The predicted molar refractivity (Wildman–Crippen MR) is 107 cm³/mol. The van der Waals surface area contributed by atoms with Crippen LogP contribution in [-0.2, 0) is 5.41 Å². The molecule has 1 aromatic rings. The van der Waals surface area contributed by atoms with Crippen LogP contribution in [0.4, 0.5) is 0 Å². The maximum Gasteiger partial charge on any atom is 0.339 e. The summed E-state index contributed by atoms with van der Waals surface area (Å²) >= 11 is 0. The number of carboxylic acids is 1. The zero-order chi connectivity index (χ0) is 19.5. The summed E-state index contributed by atoms with van der Waals surface area (Å²) in [5.74, 6) is 0.223. The predicted octanol–water partition coefficient (Wildman–Crippen LogP) is 6.04. The molecule has 1 aromatic carbocycles. The minimum Gasteiger partial charge on any atom is -0.478 e. The molecule has 0 bridgehead atoms. The first kappa shape index (κ1) is 19.8. The molecule has 0 amide bonds. The van der Waals surface area contributed by atoms with Crippen molar-refractivity contribution in [1.29, 1.82) is 0 Å². The summed E-state index contributed by atoms with van der Waals surface area (Å²) in [6, 6.07) is 5.36. The van der Waals surface area contributed by atoms with Crippen LogP contribution in [0.15, 0.2) is 66.0 Å². The van der Waals surface area contributed by atoms with Crippen LogP contribution >= 0.6 is 0 Å². The molecule has 138 valence electrons. The molecule has 1 unspecified atom stereocenters. The molecule has 0 fully saturated rings. The van der Waals surface area contributed by atoms with Crippen molar-refractivity contribution in [3.8, 4) is 5.75 Å². The quantitative estimate of drug-likeness (QED) is 0.501. The van der Waals surface area contributed by atoms with Gasteiger partial charge in [-0.15, -0.1) is 0 Å². The Morgan fingerprint density at radius 2 is 2.04 bits per heavy atom. The molecule has 2 rings (SSSR count). The van der Waals surface area contributed by atoms with E-state index < -0.39 is 5.97 Å². The minimum absolute atomic E-state index is 0.154. The molecule has 3 nitrogen and oxygen atoms in total. The smallest absolute Gasteiger partial charge is 0.339 e. The lowest BCUT2D eigenvalue weighted by molar-refractivity contribution is 0.0693. The van der Waals surface area contributed by atoms with Gasteiger partial charge in [0.2, 0.25) is 0 Å². The Hall–Kier alpha value is -2.55. The Kier molecular flexibility index (Phi) is 5.91. The Bertz CT molecular complexity index is 807. The van der Waals surface area contributed by atoms with Gasteiger partial charge >= 0.3 is 5.97 Å². The van der Waals surface area contributed by atoms with Gasteiger partial charge < -0.3 is 9.84 Å². The molecular weight excluding hydrogens is 324 g/mol. The summed E-state index contributed by atoms with van der Waals surface area (Å²) in [5, 5.41) is 9.56. The Morgan fingerprint density at radius 3 is 2.54 bits per heavy atom. The van der Waals surface area contributed by atoms with Crippen molar-refractivity contribution in [3.63, 3.8) is 0 Å². The molecular formula is C23H28O3. The number of ether oxygens (including phenoxy) is 1. The second-order valence-corrected chi connectivity index (χ2v) is 7.34. The summed E-state index contributed by atoms with van der Waals surface area (Å²) in [4.78, 5) is 11.7. The van der Waals surface area contributed by atoms with Crippen LogP contribution in [0.5, 0.6) is 5.75 Å². The van der Waals surface area contributed by atoms with Crippen LogP contribution < -0.4 is 4.74 Å². The van der Waals surface area contributed by atoms with Crippen LogP contribution in [0.1, 0.15) is 57.0 Å². The van der Waals surface area contributed by atoms with Crippen LogP contribution in [0.25, 0.3) is 0 Å². The van der Waals surface area contributed by atoms with E-state index in [1.165, 1.54) is 11.1 Å². The van der Waals surface area contributed by atoms with E-state index in [0.29, 0.717) is 17.4 Å². The van der Waals surface area contributed by atoms with E-state index in [4.69, 9.17) is 4.74 Å². The van der Waals surface area contributed by atoms with Gasteiger partial charge in [-0.3, -0.25) is 0 Å². The van der Waals surface area contributed by atoms with Crippen molar-refractivity contribution in [2.75, 3.05) is 0 Å². The molecule has 0 aliphatic heterocycles. The molecule has 0 aromatic heterocycles. The Labute approximate surface area is 156 Å². The number of allylic oxidation sites excluding steroid dienone is 7. The normalized spacial score (nSPS) is 17.7. The number of carboxylic acid groups (broad SMARTS) is 1. The number of hydrogen-bond acceptors (Lipinski definition) is 2. The van der Waals surface area contributed by atoms with Gasteiger partial charge in [0, 0.05) is 11.3 Å². The highest BCUT2D eigenvalue weighted by molar-refractivity contribution is 5.91. The molecule has 3 heteroatoms. The monoisotopic (exact) mass is 352 g/mol. The number of aromatic carboxylic acids is 1. The van der Waals surface area contributed by atoms with Crippen molar-refractivity contribution < 1.29 is 14.6 Å². The van der Waals surface area contributed by atoms with Gasteiger partial charge in [0.1, 0.15) is 11.3 Å². The van der Waals surface area contributed by atoms with Crippen LogP contribution in [-0.4, -0.2) is 11.1 Å². The number of hydrogen-bond donors (Lipinski definition) is 1. The third-order valence-electron chi connectivity index (χ3n) is 5.08. The molecule has 1 aliphatic carbocycles. The average molecular weight is 352 g/mol. The minimum atomic E-state index is -1.00. The standard InChI is InChI=1S/C23H28O3/c1-7-16(4)17-8-10-18(11-9-17)23(5,6)19-12-13-21(26-15(2)3)20(14-19)22(24)25/h7-8,10-14,17H,2,9H2,1,3-6H3,(H,24,25)/b16-7-. The van der Waals surface area contributed by atoms with Crippen molar-refractivity contribution in [1.82, 2.24) is 0 Å². The maximum atomic E-state index is 11.7. The van der Waals surface area contributed by atoms with Crippen molar-refractivity contribution in [2.24, 2.45) is 5.92 Å². The van der Waals surface area contributed by atoms with Gasteiger partial charge in [-0.1, -0.05) is 56.4 Å². The number of benzene rings is 1. The molecule has 1 N–H and O–H groups in total. The van der Waals surface area contributed by atoms with Gasteiger partial charge in [0.15, 0.2) is 0 Å². The van der Waals surface area contributed by atoms with E-state index in [9.17, 15) is 9.90 Å². The highest BCUT2D eigenvalue weighted by atomic mass is 16.5. The fraction of sp³-hybridized carbons (Fsp3) is 0.348. The van der Waals surface area contributed by atoms with Gasteiger partial charge in [0.05, 0.1) is 5.76 Å². The summed E-state index contributed by atoms with van der Waals surface area (Å²) in [5.41, 5.74) is 3.37. The summed E-state index contributed by atoms with van der Waals surface area (Å²) < 4.78 is 5.46. The topological polar surface area (TPSA) is 46.5 Å². The lowest BCUT2D eigenvalue weighted by atomic mass is 9.74. The van der Waals surface area contributed by atoms with E-state index in [1.54, 1.807) is 19.1 Å². The van der Waals surface area contributed by atoms with E-state index in [2.05, 4.69) is 58.6 Å². The van der Waals surface area contributed by atoms with E-state index in [0.717, 1.165) is 12.0 Å². The van der Waals surface area contributed by atoms with Gasteiger partial charge in [-0.2, -0.15) is 0 Å². The zero-order valence-electron chi connectivity index (χ0n) is 16.3. The first-order valence-electron chi connectivity index (χ1n) is 8.89. The highest BCUT2D eigenvalue weighted by Gasteiger charge is 2.28. The Morgan fingerprint density at radius 1 is 1.35 bits per heavy atom. The molecule has 1 atom stereocenters. The SMILES string of the molecule is C=C(C)Oc1ccc(C(C)(C)C2=CCC(/C(C)=C\C)C=C2)cc1C(=O)O. The fourth-order valence-corrected chi connectivity index (χ4v) is 3.16. The van der Waals surface area contributed by atoms with Crippen LogP contribution in [0.3, 0.4) is 0 Å². The number of rotatable bonds is 6. The molecule has 0 spiro atoms. The fourth-order valence-electron chi connectivity index (χ4n) is 3.16. The lowest BCUT2D eigenvalue weighted by Crippen LogP contribution is -2.22. The second kappa shape index (κ2) is 7.77. The van der Waals surface area contributed by atoms with E-state index >= 15 is 0 Å². The molecule has 26 heavy (non-hydrogen) atoms. The van der Waals surface area contributed by atoms with E-state index in [-0.39, 0.29) is 11.0 Å². The lowest BCUT2D eigenvalue weighted by Gasteiger charge is -2.30. The summed E-state index contributed by atoms with van der Waals surface area (Å²) in [6.07, 6.45) is 9.78. The first-order valence-corrected chi connectivity index (χ1v) is 8.89. The molecule has 0 radical (unpaired) electrons. The van der Waals surface area contributed by atoms with Gasteiger partial charge in [0.25, 0.3) is 0 Å². The maximum absolute atomic E-state index is 11.7. The van der Waals surface area contributed by atoms with Gasteiger partial charge in [-0.25, -0.2) is 4.79 Å². The Balaban J connectivity index is 2.36. The molecule has 0 saturated heterocycles. The largest absolute Gasteiger partial charge is 0.478 e.